The molecule has 1 unspecified atom stereocenters. The Morgan fingerprint density at radius 2 is 2.22 bits per heavy atom. The third kappa shape index (κ3) is 1.99. The first-order chi connectivity index (χ1) is 8.74. The Hall–Kier alpha value is -1.81. The Morgan fingerprint density at radius 1 is 1.39 bits per heavy atom. The SMILES string of the molecule is Cc1cc(NC2COCc3ccccc32)nn1C. The van der Waals surface area contributed by atoms with Gasteiger partial charge in [-0.15, -0.1) is 0 Å². The minimum Gasteiger partial charge on any atom is -0.374 e. The van der Waals surface area contributed by atoms with Crippen molar-refractivity contribution in [2.24, 2.45) is 7.05 Å². The molecule has 0 saturated carbocycles. The second kappa shape index (κ2) is 4.46. The molecule has 1 aliphatic heterocycles. The van der Waals surface area contributed by atoms with Gasteiger partial charge in [-0.25, -0.2) is 0 Å². The first-order valence-electron chi connectivity index (χ1n) is 6.17. The molecule has 4 nitrogen and oxygen atoms in total. The second-order valence-corrected chi connectivity index (χ2v) is 4.71. The minimum absolute atomic E-state index is 0.184. The van der Waals surface area contributed by atoms with E-state index in [-0.39, 0.29) is 6.04 Å². The average Bonchev–Trinajstić information content (AvgIpc) is 2.69. The van der Waals surface area contributed by atoms with Crippen LogP contribution < -0.4 is 5.32 Å². The molecule has 2 heterocycles. The van der Waals surface area contributed by atoms with Crippen molar-refractivity contribution in [3.05, 3.63) is 47.2 Å². The number of aromatic nitrogens is 2. The van der Waals surface area contributed by atoms with Crippen LogP contribution in [0.25, 0.3) is 0 Å². The van der Waals surface area contributed by atoms with Gasteiger partial charge in [-0.2, -0.15) is 5.10 Å². The average molecular weight is 243 g/mol. The molecule has 0 saturated heterocycles. The quantitative estimate of drug-likeness (QED) is 0.880. The number of anilines is 1. The summed E-state index contributed by atoms with van der Waals surface area (Å²) in [6, 6.07) is 10.6. The van der Waals surface area contributed by atoms with Crippen LogP contribution in [0.2, 0.25) is 0 Å². The van der Waals surface area contributed by atoms with Crippen LogP contribution in [-0.4, -0.2) is 16.4 Å². The summed E-state index contributed by atoms with van der Waals surface area (Å²) in [6.07, 6.45) is 0. The van der Waals surface area contributed by atoms with Crippen LogP contribution in [0.5, 0.6) is 0 Å². The number of hydrogen-bond acceptors (Lipinski definition) is 3. The van der Waals surface area contributed by atoms with Crippen molar-refractivity contribution < 1.29 is 4.74 Å². The van der Waals surface area contributed by atoms with Gasteiger partial charge in [-0.05, 0) is 18.1 Å². The summed E-state index contributed by atoms with van der Waals surface area (Å²) in [5.74, 6) is 0.903. The lowest BCUT2D eigenvalue weighted by Crippen LogP contribution is -2.23. The molecule has 1 aromatic carbocycles. The summed E-state index contributed by atoms with van der Waals surface area (Å²) in [5, 5.41) is 7.87. The molecule has 94 valence electrons. The lowest BCUT2D eigenvalue weighted by atomic mass is 9.99. The van der Waals surface area contributed by atoms with Crippen molar-refractivity contribution in [3.63, 3.8) is 0 Å². The van der Waals surface area contributed by atoms with Gasteiger partial charge in [-0.1, -0.05) is 24.3 Å². The fraction of sp³-hybridized carbons (Fsp3) is 0.357. The van der Waals surface area contributed by atoms with Crippen LogP contribution in [-0.2, 0) is 18.4 Å². The zero-order valence-electron chi connectivity index (χ0n) is 10.7. The first kappa shape index (κ1) is 11.3. The zero-order chi connectivity index (χ0) is 12.5. The van der Waals surface area contributed by atoms with E-state index in [4.69, 9.17) is 4.74 Å². The monoisotopic (exact) mass is 243 g/mol. The van der Waals surface area contributed by atoms with E-state index in [1.54, 1.807) is 0 Å². The first-order valence-corrected chi connectivity index (χ1v) is 6.17. The van der Waals surface area contributed by atoms with E-state index in [0.29, 0.717) is 13.2 Å². The highest BCUT2D eigenvalue weighted by atomic mass is 16.5. The maximum absolute atomic E-state index is 5.62. The number of aryl methyl sites for hydroxylation is 2. The van der Waals surface area contributed by atoms with E-state index in [1.165, 1.54) is 11.1 Å². The van der Waals surface area contributed by atoms with Crippen LogP contribution in [0, 0.1) is 6.92 Å². The Labute approximate surface area is 107 Å². The summed E-state index contributed by atoms with van der Waals surface area (Å²) >= 11 is 0. The molecule has 0 bridgehead atoms. The van der Waals surface area contributed by atoms with E-state index in [9.17, 15) is 0 Å². The molecule has 1 aliphatic rings. The standard InChI is InChI=1S/C14H17N3O/c1-10-7-14(16-17(10)2)15-13-9-18-8-11-5-3-4-6-12(11)13/h3-7,13H,8-9H2,1-2H3,(H,15,16). The Bertz CT molecular complexity index is 542. The van der Waals surface area contributed by atoms with Crippen LogP contribution in [0.15, 0.2) is 30.3 Å². The molecule has 3 rings (SSSR count). The maximum atomic E-state index is 5.62. The smallest absolute Gasteiger partial charge is 0.148 e. The van der Waals surface area contributed by atoms with Gasteiger partial charge < -0.3 is 10.1 Å². The Balaban J connectivity index is 1.86. The third-order valence-corrected chi connectivity index (χ3v) is 3.41. The van der Waals surface area contributed by atoms with Gasteiger partial charge in [-0.3, -0.25) is 4.68 Å². The lowest BCUT2D eigenvalue weighted by molar-refractivity contribution is 0.0969. The minimum atomic E-state index is 0.184. The number of fused-ring (bicyclic) bond motifs is 1. The van der Waals surface area contributed by atoms with Gasteiger partial charge >= 0.3 is 0 Å². The summed E-state index contributed by atoms with van der Waals surface area (Å²) in [4.78, 5) is 0. The second-order valence-electron chi connectivity index (χ2n) is 4.71. The Morgan fingerprint density at radius 3 is 3.00 bits per heavy atom. The van der Waals surface area contributed by atoms with Crippen molar-refractivity contribution >= 4 is 5.82 Å². The molecular weight excluding hydrogens is 226 g/mol. The van der Waals surface area contributed by atoms with Gasteiger partial charge in [0.25, 0.3) is 0 Å². The molecule has 18 heavy (non-hydrogen) atoms. The van der Waals surface area contributed by atoms with Crippen molar-refractivity contribution in [1.29, 1.82) is 0 Å². The number of rotatable bonds is 2. The van der Waals surface area contributed by atoms with Crippen molar-refractivity contribution in [2.75, 3.05) is 11.9 Å². The fourth-order valence-electron chi connectivity index (χ4n) is 2.31. The topological polar surface area (TPSA) is 39.1 Å². The normalized spacial score (nSPS) is 18.4. The van der Waals surface area contributed by atoms with E-state index in [0.717, 1.165) is 11.5 Å². The molecular formula is C14H17N3O. The Kier molecular flexibility index (Phi) is 2.80. The van der Waals surface area contributed by atoms with Gasteiger partial charge in [0.05, 0.1) is 19.3 Å². The maximum Gasteiger partial charge on any atom is 0.148 e. The highest BCUT2D eigenvalue weighted by Crippen LogP contribution is 2.27. The molecule has 0 spiro atoms. The highest BCUT2D eigenvalue weighted by molar-refractivity contribution is 5.42. The number of benzene rings is 1. The van der Waals surface area contributed by atoms with Crippen LogP contribution in [0.3, 0.4) is 0 Å². The van der Waals surface area contributed by atoms with Crippen LogP contribution >= 0.6 is 0 Å². The number of nitrogens with one attached hydrogen (secondary N) is 1. The van der Waals surface area contributed by atoms with Crippen molar-refractivity contribution in [2.45, 2.75) is 19.6 Å². The molecule has 1 aromatic heterocycles. The number of ether oxygens (including phenoxy) is 1. The van der Waals surface area contributed by atoms with Gasteiger partial charge in [0, 0.05) is 18.8 Å². The third-order valence-electron chi connectivity index (χ3n) is 3.41. The zero-order valence-corrected chi connectivity index (χ0v) is 10.7. The van der Waals surface area contributed by atoms with E-state index >= 15 is 0 Å². The van der Waals surface area contributed by atoms with Gasteiger partial charge in [0.2, 0.25) is 0 Å². The summed E-state index contributed by atoms with van der Waals surface area (Å²) in [5.41, 5.74) is 3.71. The van der Waals surface area contributed by atoms with E-state index < -0.39 is 0 Å². The summed E-state index contributed by atoms with van der Waals surface area (Å²) < 4.78 is 7.49. The van der Waals surface area contributed by atoms with Gasteiger partial charge in [0.1, 0.15) is 5.82 Å². The summed E-state index contributed by atoms with van der Waals surface area (Å²) in [6.45, 7) is 3.44. The molecule has 1 atom stereocenters. The fourth-order valence-corrected chi connectivity index (χ4v) is 2.31. The van der Waals surface area contributed by atoms with Crippen LogP contribution in [0.1, 0.15) is 22.9 Å². The predicted octanol–water partition coefficient (Wildman–Crippen LogP) is 2.41. The van der Waals surface area contributed by atoms with Crippen molar-refractivity contribution in [3.8, 4) is 0 Å². The number of hydrogen-bond donors (Lipinski definition) is 1. The largest absolute Gasteiger partial charge is 0.374 e. The van der Waals surface area contributed by atoms with Crippen LogP contribution in [0.4, 0.5) is 5.82 Å². The summed E-state index contributed by atoms with van der Waals surface area (Å²) in [7, 11) is 1.95. The van der Waals surface area contributed by atoms with E-state index in [2.05, 4.69) is 40.7 Å². The molecule has 1 N–H and O–H groups in total. The number of nitrogens with zero attached hydrogens (tertiary/aromatic N) is 2. The molecule has 0 radical (unpaired) electrons. The molecule has 2 aromatic rings. The van der Waals surface area contributed by atoms with E-state index in [1.807, 2.05) is 18.7 Å². The van der Waals surface area contributed by atoms with Gasteiger partial charge in [0.15, 0.2) is 0 Å². The lowest BCUT2D eigenvalue weighted by Gasteiger charge is -2.26. The molecule has 0 fully saturated rings. The highest BCUT2D eigenvalue weighted by Gasteiger charge is 2.20. The molecule has 0 aliphatic carbocycles. The molecule has 4 heteroatoms. The predicted molar refractivity (Wildman–Crippen MR) is 70.4 cm³/mol. The molecule has 0 amide bonds. The van der Waals surface area contributed by atoms with Crippen molar-refractivity contribution in [1.82, 2.24) is 9.78 Å².